The minimum atomic E-state index is -0.859. The van der Waals surface area contributed by atoms with Gasteiger partial charge in [-0.25, -0.2) is 0 Å². The summed E-state index contributed by atoms with van der Waals surface area (Å²) in [6.45, 7) is 7.06. The Hall–Kier alpha value is -1.77. The summed E-state index contributed by atoms with van der Waals surface area (Å²) in [5, 5.41) is 19.9. The van der Waals surface area contributed by atoms with Gasteiger partial charge in [-0.05, 0) is 49.5 Å². The van der Waals surface area contributed by atoms with Gasteiger partial charge in [0.15, 0.2) is 0 Å². The zero-order valence-electron chi connectivity index (χ0n) is 24.2. The maximum Gasteiger partial charge on any atom is 0.305 e. The van der Waals surface area contributed by atoms with Crippen LogP contribution in [0.25, 0.3) is 0 Å². The lowest BCUT2D eigenvalue weighted by molar-refractivity contribution is -0.156. The van der Waals surface area contributed by atoms with E-state index < -0.39 is 12.1 Å². The molecule has 2 fully saturated rings. The summed E-state index contributed by atoms with van der Waals surface area (Å²) in [7, 11) is 1.72. The largest absolute Gasteiger partial charge is 0.481 e. The average Bonchev–Trinajstić information content (AvgIpc) is 2.89. The lowest BCUT2D eigenvalue weighted by Crippen LogP contribution is -2.42. The minimum absolute atomic E-state index is 0.0300. The highest BCUT2D eigenvalue weighted by molar-refractivity contribution is 5.67. The Morgan fingerprint density at radius 2 is 1.79 bits per heavy atom. The lowest BCUT2D eigenvalue weighted by atomic mass is 9.87. The second-order valence-electron chi connectivity index (χ2n) is 11.9. The van der Waals surface area contributed by atoms with Gasteiger partial charge in [0.1, 0.15) is 0 Å². The van der Waals surface area contributed by atoms with Crippen LogP contribution >= 0.6 is 0 Å². The molecule has 39 heavy (non-hydrogen) atoms. The van der Waals surface area contributed by atoms with E-state index in [9.17, 15) is 15.0 Å². The first-order valence-electron chi connectivity index (χ1n) is 14.8. The number of methoxy groups -OCH3 is 1. The smallest absolute Gasteiger partial charge is 0.305 e. The first kappa shape index (κ1) is 31.8. The van der Waals surface area contributed by atoms with Gasteiger partial charge in [-0.2, -0.15) is 0 Å². The summed E-state index contributed by atoms with van der Waals surface area (Å²) in [5.74, 6) is 0.123. The summed E-state index contributed by atoms with van der Waals surface area (Å²) in [6.07, 6.45) is 9.14. The summed E-state index contributed by atoms with van der Waals surface area (Å²) in [5.41, 5.74) is 1.10. The van der Waals surface area contributed by atoms with Crippen molar-refractivity contribution < 1.29 is 34.0 Å². The van der Waals surface area contributed by atoms with Crippen LogP contribution < -0.4 is 0 Å². The van der Waals surface area contributed by atoms with Crippen molar-refractivity contribution in [3.8, 4) is 0 Å². The predicted octanol–water partition coefficient (Wildman–Crippen LogP) is 5.93. The Balaban J connectivity index is 1.54. The Kier molecular flexibility index (Phi) is 13.4. The molecule has 2 N–H and O–H groups in total. The minimum Gasteiger partial charge on any atom is -0.481 e. The SMILES string of the molecule is CO[C@@H](C[C@@H]1C[C@H](OCc2ccccc2)C[C@H](CC(=O)O)O1)C[C@H]1O[C@H](C[C@@H](O)/C=C/CC(C)C)CC[C@@H]1C. The molecule has 2 aliphatic heterocycles. The van der Waals surface area contributed by atoms with Gasteiger partial charge < -0.3 is 29.2 Å². The van der Waals surface area contributed by atoms with Gasteiger partial charge in [0.25, 0.3) is 0 Å². The van der Waals surface area contributed by atoms with Crippen molar-refractivity contribution >= 4 is 5.97 Å². The number of carboxylic acids is 1. The number of aliphatic hydroxyl groups excluding tert-OH is 1. The van der Waals surface area contributed by atoms with Crippen LogP contribution in [0.15, 0.2) is 42.5 Å². The van der Waals surface area contributed by atoms with Crippen LogP contribution in [0.4, 0.5) is 0 Å². The fraction of sp³-hybridized carbons (Fsp3) is 0.719. The third kappa shape index (κ3) is 11.7. The molecule has 1 aromatic rings. The van der Waals surface area contributed by atoms with Crippen molar-refractivity contribution in [1.29, 1.82) is 0 Å². The standard InChI is InChI=1S/C32H50O7/c1-22(2)9-8-12-25(33)15-26-14-13-23(3)31(39-26)19-27(36-4)16-29-17-28(18-30(38-29)20-32(34)35)37-21-24-10-6-5-7-11-24/h5-8,10-12,22-23,25-31,33H,9,13-21H2,1-4H3,(H,34,35)/b12-8+/t23-,25-,26-,27-,28-,29+,30+,31+/m0/s1. The van der Waals surface area contributed by atoms with E-state index in [2.05, 4.69) is 26.8 Å². The van der Waals surface area contributed by atoms with Gasteiger partial charge >= 0.3 is 5.97 Å². The van der Waals surface area contributed by atoms with E-state index in [1.54, 1.807) is 7.11 Å². The van der Waals surface area contributed by atoms with E-state index in [0.717, 1.165) is 31.2 Å². The fourth-order valence-electron chi connectivity index (χ4n) is 5.71. The Morgan fingerprint density at radius 1 is 1.05 bits per heavy atom. The summed E-state index contributed by atoms with van der Waals surface area (Å²) in [4.78, 5) is 11.4. The molecule has 2 aliphatic rings. The molecule has 3 rings (SSSR count). The van der Waals surface area contributed by atoms with Crippen LogP contribution in [0.2, 0.25) is 0 Å². The molecule has 0 radical (unpaired) electrons. The normalized spacial score (nSPS) is 29.5. The van der Waals surface area contributed by atoms with Crippen molar-refractivity contribution in [2.75, 3.05) is 7.11 Å². The first-order chi connectivity index (χ1) is 18.7. The highest BCUT2D eigenvalue weighted by Gasteiger charge is 2.35. The number of rotatable bonds is 15. The maximum atomic E-state index is 11.4. The maximum absolute atomic E-state index is 11.4. The predicted molar refractivity (Wildman–Crippen MR) is 151 cm³/mol. The molecule has 8 atom stereocenters. The molecule has 220 valence electrons. The molecule has 0 saturated carbocycles. The highest BCUT2D eigenvalue weighted by atomic mass is 16.5. The zero-order chi connectivity index (χ0) is 28.2. The Labute approximate surface area is 234 Å². The Bertz CT molecular complexity index is 857. The summed E-state index contributed by atoms with van der Waals surface area (Å²) < 4.78 is 24.8. The second-order valence-corrected chi connectivity index (χ2v) is 11.9. The molecule has 0 aromatic heterocycles. The molecule has 0 bridgehead atoms. The molecule has 0 amide bonds. The lowest BCUT2D eigenvalue weighted by Gasteiger charge is -2.39. The fourth-order valence-corrected chi connectivity index (χ4v) is 5.71. The van der Waals surface area contributed by atoms with Crippen LogP contribution in [-0.4, -0.2) is 66.0 Å². The van der Waals surface area contributed by atoms with Crippen molar-refractivity contribution in [1.82, 2.24) is 0 Å². The molecule has 0 unspecified atom stereocenters. The number of carbonyl (C=O) groups is 1. The molecule has 0 aliphatic carbocycles. The quantitative estimate of drug-likeness (QED) is 0.264. The number of aliphatic carboxylic acids is 1. The molecule has 0 spiro atoms. The molecule has 1 aromatic carbocycles. The number of carboxylic acid groups (broad SMARTS) is 1. The van der Waals surface area contributed by atoms with Gasteiger partial charge in [-0.3, -0.25) is 4.79 Å². The van der Waals surface area contributed by atoms with Crippen molar-refractivity contribution in [3.05, 3.63) is 48.0 Å². The topological polar surface area (TPSA) is 94.5 Å². The van der Waals surface area contributed by atoms with E-state index in [-0.39, 0.29) is 43.0 Å². The van der Waals surface area contributed by atoms with Crippen LogP contribution in [0.5, 0.6) is 0 Å². The van der Waals surface area contributed by atoms with Gasteiger partial charge in [-0.15, -0.1) is 0 Å². The molecular weight excluding hydrogens is 496 g/mol. The number of benzene rings is 1. The average molecular weight is 547 g/mol. The molecule has 2 heterocycles. The van der Waals surface area contributed by atoms with Gasteiger partial charge in [0.2, 0.25) is 0 Å². The van der Waals surface area contributed by atoms with E-state index in [4.69, 9.17) is 18.9 Å². The molecule has 7 heteroatoms. The van der Waals surface area contributed by atoms with E-state index in [1.165, 1.54) is 0 Å². The second kappa shape index (κ2) is 16.5. The number of hydrogen-bond acceptors (Lipinski definition) is 6. The number of ether oxygens (including phenoxy) is 4. The van der Waals surface area contributed by atoms with Crippen LogP contribution in [-0.2, 0) is 30.3 Å². The van der Waals surface area contributed by atoms with Gasteiger partial charge in [0, 0.05) is 26.4 Å². The van der Waals surface area contributed by atoms with Crippen molar-refractivity contribution in [2.24, 2.45) is 11.8 Å². The third-order valence-electron chi connectivity index (χ3n) is 7.94. The van der Waals surface area contributed by atoms with Crippen LogP contribution in [0, 0.1) is 11.8 Å². The highest BCUT2D eigenvalue weighted by Crippen LogP contribution is 2.33. The molecular formula is C32H50O7. The van der Waals surface area contributed by atoms with Crippen molar-refractivity contribution in [2.45, 2.75) is 128 Å². The Morgan fingerprint density at radius 3 is 2.49 bits per heavy atom. The zero-order valence-corrected chi connectivity index (χ0v) is 24.2. The molecule has 2 saturated heterocycles. The van der Waals surface area contributed by atoms with Gasteiger partial charge in [-0.1, -0.05) is 63.3 Å². The first-order valence-corrected chi connectivity index (χ1v) is 14.8. The van der Waals surface area contributed by atoms with Crippen molar-refractivity contribution in [3.63, 3.8) is 0 Å². The van der Waals surface area contributed by atoms with Crippen LogP contribution in [0.1, 0.15) is 84.1 Å². The van der Waals surface area contributed by atoms with Gasteiger partial charge in [0.05, 0.1) is 55.8 Å². The van der Waals surface area contributed by atoms with Crippen LogP contribution in [0.3, 0.4) is 0 Å². The monoisotopic (exact) mass is 546 g/mol. The van der Waals surface area contributed by atoms with E-state index in [1.807, 2.05) is 36.4 Å². The summed E-state index contributed by atoms with van der Waals surface area (Å²) >= 11 is 0. The van der Waals surface area contributed by atoms with E-state index >= 15 is 0 Å². The van der Waals surface area contributed by atoms with E-state index in [0.29, 0.717) is 44.1 Å². The number of allylic oxidation sites excluding steroid dienone is 1. The molecule has 7 nitrogen and oxygen atoms in total. The number of hydrogen-bond donors (Lipinski definition) is 2. The summed E-state index contributed by atoms with van der Waals surface area (Å²) in [6, 6.07) is 10.0. The third-order valence-corrected chi connectivity index (χ3v) is 7.94. The number of aliphatic hydroxyl groups is 1.